The van der Waals surface area contributed by atoms with Gasteiger partial charge in [-0.05, 0) is 12.3 Å². The summed E-state index contributed by atoms with van der Waals surface area (Å²) in [6, 6.07) is 0. The third-order valence-corrected chi connectivity index (χ3v) is 4.50. The highest BCUT2D eigenvalue weighted by molar-refractivity contribution is 7.99. The number of H-pyrrole nitrogens is 1. The minimum Gasteiger partial charge on any atom is -0.355 e. The Morgan fingerprint density at radius 3 is 3.00 bits per heavy atom. The van der Waals surface area contributed by atoms with Crippen molar-refractivity contribution in [2.75, 3.05) is 12.3 Å². The first-order chi connectivity index (χ1) is 9.78. The average molecular weight is 296 g/mol. The number of hydrogen-bond donors (Lipinski definition) is 2. The average Bonchev–Trinajstić information content (AvgIpc) is 3.09. The van der Waals surface area contributed by atoms with Gasteiger partial charge in [0.1, 0.15) is 5.82 Å². The Hall–Kier alpha value is -1.04. The number of nitrogens with zero attached hydrogens (tertiary/aromatic N) is 2. The number of nitrogens with one attached hydrogen (secondary N) is 2. The summed E-state index contributed by atoms with van der Waals surface area (Å²) < 4.78 is 0. The Morgan fingerprint density at radius 1 is 1.45 bits per heavy atom. The van der Waals surface area contributed by atoms with E-state index in [0.29, 0.717) is 10.9 Å². The second kappa shape index (κ2) is 8.29. The van der Waals surface area contributed by atoms with Crippen LogP contribution in [-0.4, -0.2) is 33.4 Å². The molecule has 1 fully saturated rings. The highest BCUT2D eigenvalue weighted by Crippen LogP contribution is 2.27. The molecule has 1 aliphatic rings. The summed E-state index contributed by atoms with van der Waals surface area (Å²) in [5.74, 6) is 2.18. The van der Waals surface area contributed by atoms with E-state index in [-0.39, 0.29) is 5.91 Å². The first-order valence-corrected chi connectivity index (χ1v) is 8.57. The number of unbranched alkanes of at least 4 members (excludes halogenated alkanes) is 1. The maximum atomic E-state index is 11.6. The number of rotatable bonds is 8. The number of amides is 1. The number of carbonyl (C=O) groups excluding carboxylic acids is 1. The van der Waals surface area contributed by atoms with E-state index in [9.17, 15) is 4.79 Å². The van der Waals surface area contributed by atoms with Crippen molar-refractivity contribution in [3.63, 3.8) is 0 Å². The Kier molecular flexibility index (Phi) is 6.36. The zero-order chi connectivity index (χ0) is 14.2. The molecule has 5 nitrogen and oxygen atoms in total. The summed E-state index contributed by atoms with van der Waals surface area (Å²) in [5, 5.41) is 10.7. The molecule has 0 spiro atoms. The number of aromatic nitrogens is 3. The lowest BCUT2D eigenvalue weighted by atomic mass is 10.0. The Bertz CT molecular complexity index is 415. The van der Waals surface area contributed by atoms with Crippen LogP contribution in [0.4, 0.5) is 0 Å². The minimum atomic E-state index is 0.0607. The summed E-state index contributed by atoms with van der Waals surface area (Å²) >= 11 is 1.40. The molecule has 0 aliphatic heterocycles. The predicted octanol–water partition coefficient (Wildman–Crippen LogP) is 2.55. The van der Waals surface area contributed by atoms with Crippen LogP contribution < -0.4 is 5.32 Å². The molecule has 1 amide bonds. The highest BCUT2D eigenvalue weighted by atomic mass is 32.2. The van der Waals surface area contributed by atoms with Crippen molar-refractivity contribution >= 4 is 17.7 Å². The van der Waals surface area contributed by atoms with Crippen molar-refractivity contribution < 1.29 is 4.79 Å². The molecule has 6 heteroatoms. The molecule has 2 N–H and O–H groups in total. The van der Waals surface area contributed by atoms with Crippen LogP contribution in [0.15, 0.2) is 5.16 Å². The van der Waals surface area contributed by atoms with Gasteiger partial charge in [0, 0.05) is 13.0 Å². The zero-order valence-corrected chi connectivity index (χ0v) is 13.0. The van der Waals surface area contributed by atoms with Crippen LogP contribution in [0.3, 0.4) is 0 Å². The Balaban J connectivity index is 1.68. The van der Waals surface area contributed by atoms with Crippen molar-refractivity contribution in [1.82, 2.24) is 20.5 Å². The summed E-state index contributed by atoms with van der Waals surface area (Å²) in [5.41, 5.74) is 0. The van der Waals surface area contributed by atoms with Gasteiger partial charge in [-0.25, -0.2) is 4.98 Å². The Labute approximate surface area is 124 Å². The smallest absolute Gasteiger partial charge is 0.230 e. The molecule has 0 unspecified atom stereocenters. The monoisotopic (exact) mass is 296 g/mol. The van der Waals surface area contributed by atoms with Crippen LogP contribution in [0.1, 0.15) is 51.3 Å². The van der Waals surface area contributed by atoms with Crippen LogP contribution >= 0.6 is 11.8 Å². The zero-order valence-electron chi connectivity index (χ0n) is 12.2. The summed E-state index contributed by atoms with van der Waals surface area (Å²) in [6.07, 6.45) is 8.43. The summed E-state index contributed by atoms with van der Waals surface area (Å²) in [4.78, 5) is 16.0. The molecular formula is C14H24N4OS. The lowest BCUT2D eigenvalue weighted by molar-refractivity contribution is -0.118. The third-order valence-electron chi connectivity index (χ3n) is 3.65. The number of carbonyl (C=O) groups is 1. The molecular weight excluding hydrogens is 272 g/mol. The quantitative estimate of drug-likeness (QED) is 0.571. The van der Waals surface area contributed by atoms with E-state index in [1.807, 2.05) is 0 Å². The molecule has 1 aromatic rings. The first kappa shape index (κ1) is 15.4. The molecule has 0 radical (unpaired) electrons. The van der Waals surface area contributed by atoms with E-state index >= 15 is 0 Å². The van der Waals surface area contributed by atoms with Crippen molar-refractivity contribution in [1.29, 1.82) is 0 Å². The van der Waals surface area contributed by atoms with Gasteiger partial charge in [-0.15, -0.1) is 5.10 Å². The van der Waals surface area contributed by atoms with Crippen molar-refractivity contribution in [3.8, 4) is 0 Å². The van der Waals surface area contributed by atoms with Gasteiger partial charge >= 0.3 is 0 Å². The van der Waals surface area contributed by atoms with Gasteiger partial charge in [0.25, 0.3) is 0 Å². The van der Waals surface area contributed by atoms with E-state index in [1.54, 1.807) is 0 Å². The first-order valence-electron chi connectivity index (χ1n) is 7.58. The molecule has 0 bridgehead atoms. The maximum absolute atomic E-state index is 11.6. The maximum Gasteiger partial charge on any atom is 0.230 e. The second-order valence-corrected chi connectivity index (χ2v) is 6.35. The van der Waals surface area contributed by atoms with E-state index < -0.39 is 0 Å². The van der Waals surface area contributed by atoms with Crippen LogP contribution in [0, 0.1) is 5.92 Å². The fourth-order valence-corrected chi connectivity index (χ4v) is 3.15. The second-order valence-electron chi connectivity index (χ2n) is 5.41. The van der Waals surface area contributed by atoms with Crippen molar-refractivity contribution in [2.24, 2.45) is 5.92 Å². The molecule has 0 saturated heterocycles. The lowest BCUT2D eigenvalue weighted by Crippen LogP contribution is -2.26. The van der Waals surface area contributed by atoms with E-state index in [4.69, 9.17) is 0 Å². The predicted molar refractivity (Wildman–Crippen MR) is 80.7 cm³/mol. The lowest BCUT2D eigenvalue weighted by Gasteiger charge is -2.04. The van der Waals surface area contributed by atoms with Crippen LogP contribution in [0.2, 0.25) is 0 Å². The summed E-state index contributed by atoms with van der Waals surface area (Å²) in [7, 11) is 0. The van der Waals surface area contributed by atoms with Gasteiger partial charge in [0.05, 0.1) is 5.75 Å². The number of aromatic amines is 1. The normalized spacial score (nSPS) is 15.7. The molecule has 0 aromatic carbocycles. The van der Waals surface area contributed by atoms with Crippen LogP contribution in [-0.2, 0) is 11.2 Å². The van der Waals surface area contributed by atoms with Gasteiger partial charge in [-0.3, -0.25) is 9.89 Å². The number of hydrogen-bond acceptors (Lipinski definition) is 4. The van der Waals surface area contributed by atoms with Crippen molar-refractivity contribution in [2.45, 2.75) is 57.0 Å². The minimum absolute atomic E-state index is 0.0607. The van der Waals surface area contributed by atoms with Gasteiger partial charge in [0.15, 0.2) is 0 Å². The molecule has 1 saturated carbocycles. The fraction of sp³-hybridized carbons (Fsp3) is 0.786. The molecule has 1 aromatic heterocycles. The molecule has 0 atom stereocenters. The largest absolute Gasteiger partial charge is 0.355 e. The van der Waals surface area contributed by atoms with Gasteiger partial charge in [0.2, 0.25) is 11.1 Å². The third kappa shape index (κ3) is 5.15. The van der Waals surface area contributed by atoms with E-state index in [1.165, 1.54) is 37.4 Å². The Morgan fingerprint density at radius 2 is 2.25 bits per heavy atom. The van der Waals surface area contributed by atoms with Crippen LogP contribution in [0.25, 0.3) is 0 Å². The fourth-order valence-electron chi connectivity index (χ4n) is 2.51. The molecule has 1 aliphatic carbocycles. The molecule has 20 heavy (non-hydrogen) atoms. The topological polar surface area (TPSA) is 70.7 Å². The van der Waals surface area contributed by atoms with E-state index in [0.717, 1.165) is 37.5 Å². The van der Waals surface area contributed by atoms with Crippen molar-refractivity contribution in [3.05, 3.63) is 5.82 Å². The van der Waals surface area contributed by atoms with Gasteiger partial charge < -0.3 is 5.32 Å². The number of thioether (sulfide) groups is 1. The molecule has 112 valence electrons. The SMILES string of the molecule is CCCCNC(=O)CSc1n[nH]c(CC2CCCC2)n1. The van der Waals surface area contributed by atoms with Gasteiger partial charge in [-0.1, -0.05) is 50.8 Å². The molecule has 1 heterocycles. The standard InChI is InChI=1S/C14H24N4OS/c1-2-3-8-15-13(19)10-20-14-16-12(17-18-14)9-11-6-4-5-7-11/h11H,2-10H2,1H3,(H,15,19)(H,16,17,18). The van der Waals surface area contributed by atoms with E-state index in [2.05, 4.69) is 27.4 Å². The molecule has 2 rings (SSSR count). The highest BCUT2D eigenvalue weighted by Gasteiger charge is 2.17. The van der Waals surface area contributed by atoms with Crippen LogP contribution in [0.5, 0.6) is 0 Å². The summed E-state index contributed by atoms with van der Waals surface area (Å²) in [6.45, 7) is 2.87. The van der Waals surface area contributed by atoms with Gasteiger partial charge in [-0.2, -0.15) is 0 Å².